The molecule has 0 radical (unpaired) electrons. The molecule has 0 aliphatic carbocycles. The summed E-state index contributed by atoms with van der Waals surface area (Å²) < 4.78 is 6.02. The molecule has 5 nitrogen and oxygen atoms in total. The van der Waals surface area contributed by atoms with Gasteiger partial charge in [0, 0.05) is 24.9 Å². The minimum atomic E-state index is -0.308. The zero-order valence-corrected chi connectivity index (χ0v) is 13.9. The third-order valence-corrected chi connectivity index (χ3v) is 4.43. The van der Waals surface area contributed by atoms with Crippen molar-refractivity contribution >= 4 is 39.1 Å². The molecule has 7 heteroatoms. The average Bonchev–Trinajstić information content (AvgIpc) is 3.10. The Hall–Kier alpha value is -1.60. The van der Waals surface area contributed by atoms with E-state index in [0.717, 1.165) is 8.66 Å². The summed E-state index contributed by atoms with van der Waals surface area (Å²) in [5.74, 6) is -0.0730. The normalized spacial score (nSPS) is 10.4. The zero-order valence-electron chi connectivity index (χ0n) is 11.5. The average molecular weight is 371 g/mol. The zero-order chi connectivity index (χ0) is 15.2. The van der Waals surface area contributed by atoms with Crippen LogP contribution in [-0.2, 0) is 11.3 Å². The van der Waals surface area contributed by atoms with Crippen molar-refractivity contribution in [3.8, 4) is 0 Å². The molecule has 2 amide bonds. The molecule has 0 aromatic carbocycles. The Morgan fingerprint density at radius 1 is 1.38 bits per heavy atom. The van der Waals surface area contributed by atoms with Gasteiger partial charge < -0.3 is 14.6 Å². The van der Waals surface area contributed by atoms with Crippen LogP contribution in [0, 0.1) is 0 Å². The van der Waals surface area contributed by atoms with Gasteiger partial charge in [-0.05, 0) is 40.2 Å². The molecule has 0 fully saturated rings. The van der Waals surface area contributed by atoms with Crippen molar-refractivity contribution in [3.05, 3.63) is 45.0 Å². The monoisotopic (exact) mass is 370 g/mol. The minimum Gasteiger partial charge on any atom is -0.459 e. The fourth-order valence-electron chi connectivity index (χ4n) is 1.73. The first-order chi connectivity index (χ1) is 10.1. The third-order valence-electron chi connectivity index (χ3n) is 2.82. The van der Waals surface area contributed by atoms with Gasteiger partial charge in [0.15, 0.2) is 5.76 Å². The number of rotatable bonds is 6. The molecule has 0 aliphatic rings. The van der Waals surface area contributed by atoms with Crippen LogP contribution in [0.5, 0.6) is 0 Å². The van der Waals surface area contributed by atoms with Gasteiger partial charge in [-0.25, -0.2) is 0 Å². The second-order valence-corrected chi connectivity index (χ2v) is 6.99. The number of nitrogens with zero attached hydrogens (tertiary/aromatic N) is 1. The largest absolute Gasteiger partial charge is 0.459 e. The topological polar surface area (TPSA) is 62.6 Å². The van der Waals surface area contributed by atoms with Gasteiger partial charge >= 0.3 is 0 Å². The second-order valence-electron chi connectivity index (χ2n) is 4.44. The number of thiophene rings is 1. The number of hydrogen-bond acceptors (Lipinski definition) is 4. The van der Waals surface area contributed by atoms with Gasteiger partial charge in [-0.2, -0.15) is 0 Å². The lowest BCUT2D eigenvalue weighted by Gasteiger charge is -2.16. The van der Waals surface area contributed by atoms with E-state index in [1.807, 2.05) is 12.1 Å². The van der Waals surface area contributed by atoms with Crippen LogP contribution in [-0.4, -0.2) is 30.3 Å². The molecule has 0 saturated heterocycles. The summed E-state index contributed by atoms with van der Waals surface area (Å²) in [7, 11) is 1.75. The molecule has 1 N–H and O–H groups in total. The Labute approximate surface area is 135 Å². The van der Waals surface area contributed by atoms with Crippen LogP contribution < -0.4 is 5.32 Å². The van der Waals surface area contributed by atoms with Crippen LogP contribution in [0.3, 0.4) is 0 Å². The Bertz CT molecular complexity index is 610. The fourth-order valence-corrected chi connectivity index (χ4v) is 3.26. The van der Waals surface area contributed by atoms with E-state index in [0.29, 0.717) is 6.54 Å². The van der Waals surface area contributed by atoms with Gasteiger partial charge in [0.2, 0.25) is 5.91 Å². The van der Waals surface area contributed by atoms with E-state index in [-0.39, 0.29) is 30.5 Å². The number of halogens is 1. The SMILES string of the molecule is CN(Cc1ccc(Br)s1)C(=O)CCNC(=O)c1ccco1. The maximum atomic E-state index is 12.0. The molecular formula is C14H15BrN2O3S. The number of furan rings is 1. The molecule has 112 valence electrons. The van der Waals surface area contributed by atoms with E-state index in [2.05, 4.69) is 21.2 Å². The molecular weight excluding hydrogens is 356 g/mol. The fraction of sp³-hybridized carbons (Fsp3) is 0.286. The highest BCUT2D eigenvalue weighted by atomic mass is 79.9. The first kappa shape index (κ1) is 15.8. The molecule has 0 aliphatic heterocycles. The van der Waals surface area contributed by atoms with Crippen LogP contribution >= 0.6 is 27.3 Å². The summed E-state index contributed by atoms with van der Waals surface area (Å²) in [6.45, 7) is 0.859. The van der Waals surface area contributed by atoms with Crippen LogP contribution in [0.2, 0.25) is 0 Å². The first-order valence-electron chi connectivity index (χ1n) is 6.36. The predicted octanol–water partition coefficient (Wildman–Crippen LogP) is 2.88. The number of amides is 2. The highest BCUT2D eigenvalue weighted by Crippen LogP contribution is 2.23. The Balaban J connectivity index is 1.72. The molecule has 0 spiro atoms. The van der Waals surface area contributed by atoms with Gasteiger partial charge in [-0.15, -0.1) is 11.3 Å². The number of nitrogens with one attached hydrogen (secondary N) is 1. The van der Waals surface area contributed by atoms with Crippen LogP contribution in [0.4, 0.5) is 0 Å². The summed E-state index contributed by atoms with van der Waals surface area (Å²) in [4.78, 5) is 26.3. The summed E-state index contributed by atoms with van der Waals surface area (Å²) in [6, 6.07) is 7.17. The lowest BCUT2D eigenvalue weighted by atomic mass is 10.3. The van der Waals surface area contributed by atoms with Gasteiger partial charge in [-0.1, -0.05) is 0 Å². The van der Waals surface area contributed by atoms with Crippen molar-refractivity contribution in [2.45, 2.75) is 13.0 Å². The van der Waals surface area contributed by atoms with Gasteiger partial charge in [0.1, 0.15) is 0 Å². The third kappa shape index (κ3) is 4.71. The molecule has 2 heterocycles. The van der Waals surface area contributed by atoms with E-state index in [1.54, 1.807) is 35.4 Å². The molecule has 2 aromatic heterocycles. The molecule has 2 aromatic rings. The van der Waals surface area contributed by atoms with Crippen molar-refractivity contribution < 1.29 is 14.0 Å². The van der Waals surface area contributed by atoms with E-state index >= 15 is 0 Å². The quantitative estimate of drug-likeness (QED) is 0.850. The molecule has 0 unspecified atom stereocenters. The second kappa shape index (κ2) is 7.42. The summed E-state index contributed by atoms with van der Waals surface area (Å²) in [5.41, 5.74) is 0. The van der Waals surface area contributed by atoms with E-state index in [9.17, 15) is 9.59 Å². The van der Waals surface area contributed by atoms with E-state index in [4.69, 9.17) is 4.42 Å². The lowest BCUT2D eigenvalue weighted by Crippen LogP contribution is -2.31. The first-order valence-corrected chi connectivity index (χ1v) is 7.97. The van der Waals surface area contributed by atoms with Crippen molar-refractivity contribution in [1.29, 1.82) is 0 Å². The lowest BCUT2D eigenvalue weighted by molar-refractivity contribution is -0.130. The number of hydrogen-bond donors (Lipinski definition) is 1. The highest BCUT2D eigenvalue weighted by Gasteiger charge is 2.12. The maximum absolute atomic E-state index is 12.0. The van der Waals surface area contributed by atoms with E-state index < -0.39 is 0 Å². The standard InChI is InChI=1S/C14H15BrN2O3S/c1-17(9-10-4-5-12(15)21-10)13(18)6-7-16-14(19)11-3-2-8-20-11/h2-5,8H,6-7,9H2,1H3,(H,16,19). The molecule has 0 saturated carbocycles. The summed E-state index contributed by atoms with van der Waals surface area (Å²) >= 11 is 5.00. The Morgan fingerprint density at radius 3 is 2.81 bits per heavy atom. The Morgan fingerprint density at radius 2 is 2.19 bits per heavy atom. The smallest absolute Gasteiger partial charge is 0.286 e. The minimum absolute atomic E-state index is 0.0146. The predicted molar refractivity (Wildman–Crippen MR) is 84.2 cm³/mol. The summed E-state index contributed by atoms with van der Waals surface area (Å²) in [5, 5.41) is 2.65. The van der Waals surface area contributed by atoms with Crippen LogP contribution in [0.25, 0.3) is 0 Å². The maximum Gasteiger partial charge on any atom is 0.286 e. The van der Waals surface area contributed by atoms with Crippen molar-refractivity contribution in [3.63, 3.8) is 0 Å². The number of carbonyl (C=O) groups excluding carboxylic acids is 2. The van der Waals surface area contributed by atoms with Crippen LogP contribution in [0.1, 0.15) is 21.9 Å². The molecule has 0 bridgehead atoms. The van der Waals surface area contributed by atoms with Crippen molar-refractivity contribution in [2.24, 2.45) is 0 Å². The van der Waals surface area contributed by atoms with Gasteiger partial charge in [0.25, 0.3) is 5.91 Å². The highest BCUT2D eigenvalue weighted by molar-refractivity contribution is 9.11. The van der Waals surface area contributed by atoms with Gasteiger partial charge in [0.05, 0.1) is 16.6 Å². The summed E-state index contributed by atoms with van der Waals surface area (Å²) in [6.07, 6.45) is 1.70. The van der Waals surface area contributed by atoms with Crippen molar-refractivity contribution in [1.82, 2.24) is 10.2 Å². The Kier molecular flexibility index (Phi) is 5.58. The molecule has 0 atom stereocenters. The molecule has 21 heavy (non-hydrogen) atoms. The van der Waals surface area contributed by atoms with Crippen LogP contribution in [0.15, 0.2) is 38.7 Å². The van der Waals surface area contributed by atoms with E-state index in [1.165, 1.54) is 6.26 Å². The molecule has 2 rings (SSSR count). The van der Waals surface area contributed by atoms with Crippen molar-refractivity contribution in [2.75, 3.05) is 13.6 Å². The number of carbonyl (C=O) groups is 2. The van der Waals surface area contributed by atoms with Gasteiger partial charge in [-0.3, -0.25) is 9.59 Å².